The van der Waals surface area contributed by atoms with E-state index in [1.54, 1.807) is 0 Å². The third kappa shape index (κ3) is 6.09. The molecule has 0 radical (unpaired) electrons. The Labute approximate surface area is 250 Å². The second kappa shape index (κ2) is 12.7. The summed E-state index contributed by atoms with van der Waals surface area (Å²) >= 11 is 0. The van der Waals surface area contributed by atoms with Crippen LogP contribution in [-0.2, 0) is 5.41 Å². The lowest BCUT2D eigenvalue weighted by Gasteiger charge is -2.35. The van der Waals surface area contributed by atoms with Crippen LogP contribution in [0.15, 0.2) is 24.3 Å². The molecule has 2 nitrogen and oxygen atoms in total. The van der Waals surface area contributed by atoms with Gasteiger partial charge in [0.05, 0.1) is 0 Å². The molecule has 0 bridgehead atoms. The van der Waals surface area contributed by atoms with Gasteiger partial charge in [0.1, 0.15) is 11.5 Å². The van der Waals surface area contributed by atoms with Crippen molar-refractivity contribution < 1.29 is 10.2 Å². The molecule has 0 aromatic heterocycles. The highest BCUT2D eigenvalue weighted by molar-refractivity contribution is 5.55. The first-order valence-corrected chi connectivity index (χ1v) is 17.7. The van der Waals surface area contributed by atoms with Crippen LogP contribution in [-0.4, -0.2) is 10.2 Å². The van der Waals surface area contributed by atoms with Gasteiger partial charge in [-0.05, 0) is 108 Å². The lowest BCUT2D eigenvalue weighted by Crippen LogP contribution is -2.22. The number of phenols is 2. The first-order chi connectivity index (χ1) is 19.9. The molecule has 224 valence electrons. The molecule has 0 atom stereocenters. The summed E-state index contributed by atoms with van der Waals surface area (Å²) in [5.74, 6) is 3.18. The maximum atomic E-state index is 11.8. The molecule has 2 aromatic rings. The summed E-state index contributed by atoms with van der Waals surface area (Å²) in [6.07, 6.45) is 25.2. The SMILES string of the molecule is CC(C)(c1cc(C2CCCCC2)c(O)c(C2CCCCC2)c1)c1cc(C2CCCCC2)c(O)c(C2CCCCC2)c1. The van der Waals surface area contributed by atoms with Crippen molar-refractivity contribution in [3.8, 4) is 11.5 Å². The molecule has 0 unspecified atom stereocenters. The van der Waals surface area contributed by atoms with E-state index in [2.05, 4.69) is 38.1 Å². The van der Waals surface area contributed by atoms with E-state index in [-0.39, 0.29) is 5.41 Å². The van der Waals surface area contributed by atoms with Crippen LogP contribution >= 0.6 is 0 Å². The van der Waals surface area contributed by atoms with E-state index in [0.29, 0.717) is 35.2 Å². The summed E-state index contributed by atoms with van der Waals surface area (Å²) in [5, 5.41) is 23.6. The molecule has 2 N–H and O–H groups in total. The Hall–Kier alpha value is -1.96. The zero-order valence-corrected chi connectivity index (χ0v) is 26.2. The molecule has 0 aliphatic heterocycles. The highest BCUT2D eigenvalue weighted by atomic mass is 16.3. The van der Waals surface area contributed by atoms with Crippen molar-refractivity contribution in [3.05, 3.63) is 57.6 Å². The molecule has 4 saturated carbocycles. The monoisotopic (exact) mass is 556 g/mol. The third-order valence-electron chi connectivity index (χ3n) is 12.0. The van der Waals surface area contributed by atoms with Crippen molar-refractivity contribution in [2.75, 3.05) is 0 Å². The van der Waals surface area contributed by atoms with Crippen LogP contribution in [0.25, 0.3) is 0 Å². The van der Waals surface area contributed by atoms with Gasteiger partial charge >= 0.3 is 0 Å². The molecular formula is C39H56O2. The predicted octanol–water partition coefficient (Wildman–Crippen LogP) is 11.6. The third-order valence-corrected chi connectivity index (χ3v) is 12.0. The summed E-state index contributed by atoms with van der Waals surface area (Å²) in [6.45, 7) is 4.83. The van der Waals surface area contributed by atoms with Crippen molar-refractivity contribution in [1.82, 2.24) is 0 Å². The van der Waals surface area contributed by atoms with Crippen LogP contribution in [0.5, 0.6) is 11.5 Å². The molecule has 4 aliphatic rings. The molecule has 4 aliphatic carbocycles. The second-order valence-electron chi connectivity index (χ2n) is 15.0. The summed E-state index contributed by atoms with van der Waals surface area (Å²) < 4.78 is 0. The topological polar surface area (TPSA) is 40.5 Å². The van der Waals surface area contributed by atoms with E-state index in [0.717, 1.165) is 0 Å². The minimum atomic E-state index is -0.193. The molecule has 0 heterocycles. The minimum Gasteiger partial charge on any atom is -0.507 e. The molecule has 0 spiro atoms. The minimum absolute atomic E-state index is 0.193. The molecule has 2 heteroatoms. The molecule has 2 aromatic carbocycles. The molecular weight excluding hydrogens is 500 g/mol. The fourth-order valence-electron chi connectivity index (χ4n) is 9.15. The zero-order valence-electron chi connectivity index (χ0n) is 26.2. The van der Waals surface area contributed by atoms with Gasteiger partial charge in [-0.3, -0.25) is 0 Å². The first kappa shape index (κ1) is 29.1. The van der Waals surface area contributed by atoms with Crippen molar-refractivity contribution in [3.63, 3.8) is 0 Å². The van der Waals surface area contributed by atoms with Crippen molar-refractivity contribution >= 4 is 0 Å². The van der Waals surface area contributed by atoms with E-state index in [1.807, 2.05) is 0 Å². The Morgan fingerprint density at radius 2 is 0.634 bits per heavy atom. The van der Waals surface area contributed by atoms with E-state index < -0.39 is 0 Å². The van der Waals surface area contributed by atoms with Crippen molar-refractivity contribution in [2.24, 2.45) is 0 Å². The number of benzene rings is 2. The molecule has 0 amide bonds. The van der Waals surface area contributed by atoms with Crippen molar-refractivity contribution in [1.29, 1.82) is 0 Å². The van der Waals surface area contributed by atoms with Crippen molar-refractivity contribution in [2.45, 2.75) is 171 Å². The largest absolute Gasteiger partial charge is 0.507 e. The lowest BCUT2D eigenvalue weighted by atomic mass is 9.70. The Morgan fingerprint density at radius 3 is 0.854 bits per heavy atom. The zero-order chi connectivity index (χ0) is 28.4. The number of aromatic hydroxyl groups is 2. The van der Waals surface area contributed by atoms with E-state index >= 15 is 0 Å². The van der Waals surface area contributed by atoms with Gasteiger partial charge in [-0.25, -0.2) is 0 Å². The number of hydrogen-bond acceptors (Lipinski definition) is 2. The normalized spacial score (nSPS) is 22.7. The maximum absolute atomic E-state index is 11.8. The van der Waals surface area contributed by atoms with Gasteiger partial charge in [-0.15, -0.1) is 0 Å². The van der Waals surface area contributed by atoms with Crippen LogP contribution < -0.4 is 0 Å². The highest BCUT2D eigenvalue weighted by Crippen LogP contribution is 2.50. The number of hydrogen-bond donors (Lipinski definition) is 2. The standard InChI is InChI=1S/C39H56O2/c1-39(2,31-23-33(27-15-7-3-8-16-27)37(40)34(24-31)28-17-9-4-10-18-28)32-25-35(29-19-11-5-12-20-29)38(41)36(26-32)30-21-13-6-14-22-30/h23-30,40-41H,3-22H2,1-2H3. The van der Waals surface area contributed by atoms with Gasteiger partial charge in [0.2, 0.25) is 0 Å². The van der Waals surface area contributed by atoms with E-state index in [9.17, 15) is 10.2 Å². The second-order valence-corrected chi connectivity index (χ2v) is 15.0. The molecule has 0 saturated heterocycles. The highest BCUT2D eigenvalue weighted by Gasteiger charge is 2.33. The molecule has 41 heavy (non-hydrogen) atoms. The Morgan fingerprint density at radius 1 is 0.415 bits per heavy atom. The van der Waals surface area contributed by atoms with Crippen LogP contribution in [0.3, 0.4) is 0 Å². The van der Waals surface area contributed by atoms with Gasteiger partial charge in [0.25, 0.3) is 0 Å². The predicted molar refractivity (Wildman–Crippen MR) is 172 cm³/mol. The lowest BCUT2D eigenvalue weighted by molar-refractivity contribution is 0.390. The summed E-state index contributed by atoms with van der Waals surface area (Å²) in [5.41, 5.74) is 7.47. The van der Waals surface area contributed by atoms with Gasteiger partial charge < -0.3 is 10.2 Å². The summed E-state index contributed by atoms with van der Waals surface area (Å²) in [6, 6.07) is 9.63. The van der Waals surface area contributed by atoms with Gasteiger partial charge in [-0.2, -0.15) is 0 Å². The fraction of sp³-hybridized carbons (Fsp3) is 0.692. The fourth-order valence-corrected chi connectivity index (χ4v) is 9.15. The van der Waals surface area contributed by atoms with Crippen LogP contribution in [0, 0.1) is 0 Å². The average Bonchev–Trinajstić information content (AvgIpc) is 3.03. The Balaban J connectivity index is 1.46. The van der Waals surface area contributed by atoms with Gasteiger partial charge in [0, 0.05) is 5.41 Å². The maximum Gasteiger partial charge on any atom is 0.122 e. The quantitative estimate of drug-likeness (QED) is 0.371. The summed E-state index contributed by atoms with van der Waals surface area (Å²) in [4.78, 5) is 0. The average molecular weight is 557 g/mol. The molecule has 6 rings (SSSR count). The smallest absolute Gasteiger partial charge is 0.122 e. The van der Waals surface area contributed by atoms with E-state index in [1.165, 1.54) is 162 Å². The van der Waals surface area contributed by atoms with Crippen LogP contribution in [0.4, 0.5) is 0 Å². The van der Waals surface area contributed by atoms with Gasteiger partial charge in [0.15, 0.2) is 0 Å². The Bertz CT molecular complexity index is 999. The summed E-state index contributed by atoms with van der Waals surface area (Å²) in [7, 11) is 0. The van der Waals surface area contributed by atoms with Crippen LogP contribution in [0.1, 0.15) is 199 Å². The number of phenolic OH excluding ortho intramolecular Hbond substituents is 2. The van der Waals surface area contributed by atoms with E-state index in [4.69, 9.17) is 0 Å². The Kier molecular flexibility index (Phi) is 9.04. The number of rotatable bonds is 6. The first-order valence-electron chi connectivity index (χ1n) is 17.7. The van der Waals surface area contributed by atoms with Crippen LogP contribution in [0.2, 0.25) is 0 Å². The molecule has 4 fully saturated rings. The van der Waals surface area contributed by atoms with Gasteiger partial charge in [-0.1, -0.05) is 115 Å².